The number of rotatable bonds is 4. The minimum atomic E-state index is -0.237. The van der Waals surface area contributed by atoms with Gasteiger partial charge in [0.15, 0.2) is 0 Å². The maximum atomic E-state index is 11.8. The molecular formula is C14H13ClN2O2. The Morgan fingerprint density at radius 2 is 2.11 bits per heavy atom. The van der Waals surface area contributed by atoms with E-state index in [0.29, 0.717) is 10.7 Å². The first kappa shape index (κ1) is 13.4. The third-order valence-electron chi connectivity index (χ3n) is 2.43. The zero-order chi connectivity index (χ0) is 13.8. The molecule has 0 fully saturated rings. The fourth-order valence-electron chi connectivity index (χ4n) is 1.49. The average molecular weight is 277 g/mol. The number of allylic oxidation sites excluding steroid dienone is 1. The highest BCUT2D eigenvalue weighted by Crippen LogP contribution is 2.27. The number of carbonyl (C=O) groups excluding carboxylic acids is 1. The van der Waals surface area contributed by atoms with Gasteiger partial charge in [-0.3, -0.25) is 4.79 Å². The Bertz CT molecular complexity index is 617. The number of nitrogens with zero attached hydrogens (tertiary/aromatic N) is 2. The molecule has 4 nitrogen and oxygen atoms in total. The lowest BCUT2D eigenvalue weighted by atomic mass is 10.1. The number of benzene rings is 1. The molecule has 0 unspecified atom stereocenters. The molecule has 0 spiro atoms. The van der Waals surface area contributed by atoms with E-state index in [2.05, 4.69) is 5.16 Å². The van der Waals surface area contributed by atoms with E-state index in [9.17, 15) is 4.79 Å². The number of aromatic nitrogens is 1. The van der Waals surface area contributed by atoms with E-state index >= 15 is 0 Å². The predicted molar refractivity (Wildman–Crippen MR) is 74.1 cm³/mol. The summed E-state index contributed by atoms with van der Waals surface area (Å²) in [6.07, 6.45) is 3.08. The van der Waals surface area contributed by atoms with Crippen molar-refractivity contribution in [2.24, 2.45) is 0 Å². The van der Waals surface area contributed by atoms with Gasteiger partial charge in [0.05, 0.1) is 5.02 Å². The normalized spacial score (nSPS) is 10.9. The van der Waals surface area contributed by atoms with Crippen LogP contribution in [0.2, 0.25) is 5.02 Å². The summed E-state index contributed by atoms with van der Waals surface area (Å²) in [5.74, 6) is -0.0486. The summed E-state index contributed by atoms with van der Waals surface area (Å²) in [5.41, 5.74) is 1.29. The second-order valence-electron chi connectivity index (χ2n) is 4.20. The Balaban J connectivity index is 2.25. The SMILES string of the molecule is CN(C)/C=C/C(=O)c1cc(-c2ccccc2Cl)no1. The third kappa shape index (κ3) is 3.23. The molecule has 0 N–H and O–H groups in total. The molecule has 0 saturated carbocycles. The number of hydrogen-bond acceptors (Lipinski definition) is 4. The highest BCUT2D eigenvalue weighted by atomic mass is 35.5. The molecule has 98 valence electrons. The lowest BCUT2D eigenvalue weighted by Crippen LogP contribution is -2.02. The van der Waals surface area contributed by atoms with Crippen LogP contribution in [0.1, 0.15) is 10.6 Å². The minimum absolute atomic E-state index is 0.188. The molecule has 0 saturated heterocycles. The first-order valence-corrected chi connectivity index (χ1v) is 6.06. The number of carbonyl (C=O) groups is 1. The van der Waals surface area contributed by atoms with E-state index < -0.39 is 0 Å². The average Bonchev–Trinajstić information content (AvgIpc) is 2.86. The van der Waals surface area contributed by atoms with Crippen LogP contribution in [0.25, 0.3) is 11.3 Å². The molecule has 5 heteroatoms. The molecule has 0 amide bonds. The Kier molecular flexibility index (Phi) is 4.02. The molecular weight excluding hydrogens is 264 g/mol. The van der Waals surface area contributed by atoms with E-state index in [1.807, 2.05) is 32.3 Å². The van der Waals surface area contributed by atoms with Crippen molar-refractivity contribution < 1.29 is 9.32 Å². The largest absolute Gasteiger partial charge is 0.383 e. The summed E-state index contributed by atoms with van der Waals surface area (Å²) in [7, 11) is 3.67. The molecule has 1 aromatic heterocycles. The number of hydrogen-bond donors (Lipinski definition) is 0. The van der Waals surface area contributed by atoms with Gasteiger partial charge in [-0.05, 0) is 6.07 Å². The van der Waals surface area contributed by atoms with E-state index in [1.54, 1.807) is 23.2 Å². The van der Waals surface area contributed by atoms with E-state index in [0.717, 1.165) is 5.56 Å². The van der Waals surface area contributed by atoms with E-state index in [1.165, 1.54) is 6.08 Å². The van der Waals surface area contributed by atoms with Crippen LogP contribution in [0, 0.1) is 0 Å². The zero-order valence-corrected chi connectivity index (χ0v) is 11.4. The van der Waals surface area contributed by atoms with Crippen molar-refractivity contribution in [2.75, 3.05) is 14.1 Å². The standard InChI is InChI=1S/C14H13ClN2O2/c1-17(2)8-7-13(18)14-9-12(16-19-14)10-5-3-4-6-11(10)15/h3-9H,1-2H3/b8-7+. The summed E-state index contributed by atoms with van der Waals surface area (Å²) in [6.45, 7) is 0. The van der Waals surface area contributed by atoms with Crippen LogP contribution >= 0.6 is 11.6 Å². The van der Waals surface area contributed by atoms with Gasteiger partial charge in [-0.2, -0.15) is 0 Å². The molecule has 0 atom stereocenters. The molecule has 1 heterocycles. The smallest absolute Gasteiger partial charge is 0.225 e. The predicted octanol–water partition coefficient (Wildman–Crippen LogP) is 3.25. The molecule has 0 aliphatic carbocycles. The molecule has 19 heavy (non-hydrogen) atoms. The fourth-order valence-corrected chi connectivity index (χ4v) is 1.72. The van der Waals surface area contributed by atoms with E-state index in [-0.39, 0.29) is 11.5 Å². The maximum absolute atomic E-state index is 11.8. The van der Waals surface area contributed by atoms with E-state index in [4.69, 9.17) is 16.1 Å². The van der Waals surface area contributed by atoms with Gasteiger partial charge in [0.2, 0.25) is 11.5 Å². The Morgan fingerprint density at radius 1 is 1.37 bits per heavy atom. The highest BCUT2D eigenvalue weighted by Gasteiger charge is 2.13. The van der Waals surface area contributed by atoms with Crippen molar-refractivity contribution >= 4 is 17.4 Å². The van der Waals surface area contributed by atoms with Crippen LogP contribution in [0.5, 0.6) is 0 Å². The van der Waals surface area contributed by atoms with Gasteiger partial charge in [-0.15, -0.1) is 0 Å². The Morgan fingerprint density at radius 3 is 2.79 bits per heavy atom. The van der Waals surface area contributed by atoms with Crippen molar-refractivity contribution in [1.82, 2.24) is 10.1 Å². The van der Waals surface area contributed by atoms with Gasteiger partial charge in [-0.1, -0.05) is 35.0 Å². The first-order valence-electron chi connectivity index (χ1n) is 5.68. The van der Waals surface area contributed by atoms with Crippen molar-refractivity contribution in [2.45, 2.75) is 0 Å². The minimum Gasteiger partial charge on any atom is -0.383 e. The lowest BCUT2D eigenvalue weighted by Gasteiger charge is -2.01. The second-order valence-corrected chi connectivity index (χ2v) is 4.61. The van der Waals surface area contributed by atoms with Gasteiger partial charge in [0, 0.05) is 38.0 Å². The highest BCUT2D eigenvalue weighted by molar-refractivity contribution is 6.33. The molecule has 2 aromatic rings. The van der Waals surface area contributed by atoms with Crippen LogP contribution in [0.15, 0.2) is 47.1 Å². The van der Waals surface area contributed by atoms with Crippen molar-refractivity contribution in [1.29, 1.82) is 0 Å². The van der Waals surface area contributed by atoms with Gasteiger partial charge >= 0.3 is 0 Å². The van der Waals surface area contributed by atoms with Gasteiger partial charge in [0.25, 0.3) is 0 Å². The van der Waals surface area contributed by atoms with Crippen LogP contribution in [-0.4, -0.2) is 29.9 Å². The molecule has 0 aliphatic rings. The summed E-state index contributed by atoms with van der Waals surface area (Å²) in [5, 5.41) is 4.44. The summed E-state index contributed by atoms with van der Waals surface area (Å²) in [6, 6.07) is 8.85. The molecule has 0 radical (unpaired) electrons. The molecule has 0 aliphatic heterocycles. The molecule has 0 bridgehead atoms. The van der Waals surface area contributed by atoms with Crippen LogP contribution in [0.3, 0.4) is 0 Å². The second kappa shape index (κ2) is 5.71. The summed E-state index contributed by atoms with van der Waals surface area (Å²) < 4.78 is 5.04. The van der Waals surface area contributed by atoms with Crippen molar-refractivity contribution in [3.8, 4) is 11.3 Å². The molecule has 1 aromatic carbocycles. The zero-order valence-electron chi connectivity index (χ0n) is 10.6. The summed E-state index contributed by atoms with van der Waals surface area (Å²) >= 11 is 6.06. The van der Waals surface area contributed by atoms with Crippen LogP contribution in [-0.2, 0) is 0 Å². The van der Waals surface area contributed by atoms with Crippen LogP contribution in [0.4, 0.5) is 0 Å². The Labute approximate surface area is 116 Å². The quantitative estimate of drug-likeness (QED) is 0.635. The third-order valence-corrected chi connectivity index (χ3v) is 2.76. The maximum Gasteiger partial charge on any atom is 0.225 e. The van der Waals surface area contributed by atoms with Crippen molar-refractivity contribution in [3.05, 3.63) is 53.4 Å². The van der Waals surface area contributed by atoms with Gasteiger partial charge in [0.1, 0.15) is 5.69 Å². The fraction of sp³-hybridized carbons (Fsp3) is 0.143. The topological polar surface area (TPSA) is 46.3 Å². The van der Waals surface area contributed by atoms with Crippen molar-refractivity contribution in [3.63, 3.8) is 0 Å². The monoisotopic (exact) mass is 276 g/mol. The number of halogens is 1. The lowest BCUT2D eigenvalue weighted by molar-refractivity contribution is 0.101. The first-order chi connectivity index (χ1) is 9.08. The summed E-state index contributed by atoms with van der Waals surface area (Å²) in [4.78, 5) is 13.6. The van der Waals surface area contributed by atoms with Gasteiger partial charge in [-0.25, -0.2) is 0 Å². The van der Waals surface area contributed by atoms with Gasteiger partial charge < -0.3 is 9.42 Å². The van der Waals surface area contributed by atoms with Crippen LogP contribution < -0.4 is 0 Å². The molecule has 2 rings (SSSR count). The number of ketones is 1. The Hall–Kier alpha value is -2.07.